The quantitative estimate of drug-likeness (QED) is 0.650. The number of nitrogens with zero attached hydrogens (tertiary/aromatic N) is 3. The SMILES string of the molecule is CCCC1(O)CN(c2nc(C)ccc2[N+](=O)[O-])C1. The fourth-order valence-electron chi connectivity index (χ4n) is 2.35. The minimum absolute atomic E-state index is 0.000788. The van der Waals surface area contributed by atoms with Crippen molar-refractivity contribution in [1.29, 1.82) is 0 Å². The van der Waals surface area contributed by atoms with Crippen molar-refractivity contribution in [3.8, 4) is 0 Å². The molecule has 0 amide bonds. The molecule has 6 nitrogen and oxygen atoms in total. The van der Waals surface area contributed by atoms with E-state index in [1.54, 1.807) is 17.9 Å². The van der Waals surface area contributed by atoms with Gasteiger partial charge in [-0.15, -0.1) is 0 Å². The van der Waals surface area contributed by atoms with Gasteiger partial charge < -0.3 is 10.0 Å². The van der Waals surface area contributed by atoms with Crippen LogP contribution in [0.2, 0.25) is 0 Å². The van der Waals surface area contributed by atoms with Crippen LogP contribution in [-0.2, 0) is 0 Å². The average Bonchev–Trinajstić information content (AvgIpc) is 2.25. The zero-order valence-corrected chi connectivity index (χ0v) is 10.6. The monoisotopic (exact) mass is 251 g/mol. The van der Waals surface area contributed by atoms with E-state index in [4.69, 9.17) is 0 Å². The van der Waals surface area contributed by atoms with Crippen molar-refractivity contribution in [3.63, 3.8) is 0 Å². The molecule has 6 heteroatoms. The molecule has 0 saturated carbocycles. The zero-order valence-electron chi connectivity index (χ0n) is 10.6. The second-order valence-electron chi connectivity index (χ2n) is 4.88. The van der Waals surface area contributed by atoms with Gasteiger partial charge in [0.05, 0.1) is 23.6 Å². The van der Waals surface area contributed by atoms with Gasteiger partial charge in [-0.3, -0.25) is 10.1 Å². The molecule has 1 saturated heterocycles. The largest absolute Gasteiger partial charge is 0.386 e. The van der Waals surface area contributed by atoms with E-state index in [1.165, 1.54) is 6.07 Å². The molecule has 18 heavy (non-hydrogen) atoms. The van der Waals surface area contributed by atoms with Gasteiger partial charge in [0.1, 0.15) is 0 Å². The molecule has 0 aromatic carbocycles. The molecule has 0 unspecified atom stereocenters. The lowest BCUT2D eigenvalue weighted by Gasteiger charge is -2.46. The van der Waals surface area contributed by atoms with E-state index in [1.807, 2.05) is 6.92 Å². The van der Waals surface area contributed by atoms with Gasteiger partial charge in [0.15, 0.2) is 0 Å². The van der Waals surface area contributed by atoms with Crippen LogP contribution in [0.15, 0.2) is 12.1 Å². The molecule has 1 aromatic heterocycles. The van der Waals surface area contributed by atoms with Gasteiger partial charge in [0, 0.05) is 11.8 Å². The van der Waals surface area contributed by atoms with E-state index >= 15 is 0 Å². The first-order valence-corrected chi connectivity index (χ1v) is 6.04. The van der Waals surface area contributed by atoms with Crippen molar-refractivity contribution < 1.29 is 10.0 Å². The molecular formula is C12H17N3O3. The zero-order chi connectivity index (χ0) is 13.3. The predicted molar refractivity (Wildman–Crippen MR) is 67.7 cm³/mol. The van der Waals surface area contributed by atoms with Crippen LogP contribution in [0.3, 0.4) is 0 Å². The second kappa shape index (κ2) is 4.53. The van der Waals surface area contributed by atoms with Gasteiger partial charge in [0.25, 0.3) is 0 Å². The van der Waals surface area contributed by atoms with Crippen LogP contribution in [0.4, 0.5) is 11.5 Å². The van der Waals surface area contributed by atoms with Crippen LogP contribution in [0.5, 0.6) is 0 Å². The molecule has 0 atom stereocenters. The minimum atomic E-state index is -0.714. The summed E-state index contributed by atoms with van der Waals surface area (Å²) in [4.78, 5) is 16.5. The highest BCUT2D eigenvalue weighted by molar-refractivity contribution is 5.60. The first-order valence-electron chi connectivity index (χ1n) is 6.04. The standard InChI is InChI=1S/C12H17N3O3/c1-3-6-12(16)7-14(8-12)11-10(15(17)18)5-4-9(2)13-11/h4-5,16H,3,6-8H2,1-2H3. The van der Waals surface area contributed by atoms with Crippen LogP contribution < -0.4 is 4.90 Å². The van der Waals surface area contributed by atoms with Gasteiger partial charge in [0.2, 0.25) is 5.82 Å². The third kappa shape index (κ3) is 2.28. The number of aromatic nitrogens is 1. The molecule has 0 radical (unpaired) electrons. The van der Waals surface area contributed by atoms with E-state index < -0.39 is 10.5 Å². The Balaban J connectivity index is 2.20. The molecule has 1 aliphatic heterocycles. The number of aliphatic hydroxyl groups is 1. The van der Waals surface area contributed by atoms with E-state index in [2.05, 4.69) is 4.98 Å². The van der Waals surface area contributed by atoms with E-state index in [0.717, 1.165) is 12.1 Å². The summed E-state index contributed by atoms with van der Waals surface area (Å²) in [5.41, 5.74) is 0.0225. The Hall–Kier alpha value is -1.69. The first kappa shape index (κ1) is 12.8. The summed E-state index contributed by atoms with van der Waals surface area (Å²) in [6.07, 6.45) is 1.61. The number of rotatable bonds is 4. The molecule has 1 aromatic rings. The molecule has 0 aliphatic carbocycles. The lowest BCUT2D eigenvalue weighted by molar-refractivity contribution is -0.384. The van der Waals surface area contributed by atoms with Crippen LogP contribution in [0.25, 0.3) is 0 Å². The normalized spacial score (nSPS) is 17.4. The van der Waals surface area contributed by atoms with Crippen molar-refractivity contribution >= 4 is 11.5 Å². The molecule has 2 heterocycles. The molecule has 1 aliphatic rings. The number of pyridine rings is 1. The lowest BCUT2D eigenvalue weighted by atomic mass is 9.89. The van der Waals surface area contributed by atoms with Crippen LogP contribution in [0.1, 0.15) is 25.5 Å². The summed E-state index contributed by atoms with van der Waals surface area (Å²) in [5, 5.41) is 21.0. The summed E-state index contributed by atoms with van der Waals surface area (Å²) in [6, 6.07) is 3.09. The first-order chi connectivity index (χ1) is 8.45. The van der Waals surface area contributed by atoms with Crippen molar-refractivity contribution in [2.75, 3.05) is 18.0 Å². The fraction of sp³-hybridized carbons (Fsp3) is 0.583. The molecule has 98 valence electrons. The molecule has 1 N–H and O–H groups in total. The van der Waals surface area contributed by atoms with E-state index in [9.17, 15) is 15.2 Å². The van der Waals surface area contributed by atoms with Gasteiger partial charge in [-0.05, 0) is 19.4 Å². The highest BCUT2D eigenvalue weighted by Gasteiger charge is 2.43. The topological polar surface area (TPSA) is 79.5 Å². The Kier molecular flexibility index (Phi) is 3.21. The van der Waals surface area contributed by atoms with E-state index in [0.29, 0.717) is 25.3 Å². The molecule has 2 rings (SSSR count). The molecule has 0 bridgehead atoms. The maximum absolute atomic E-state index is 10.9. The van der Waals surface area contributed by atoms with Crippen molar-refractivity contribution in [2.45, 2.75) is 32.3 Å². The van der Waals surface area contributed by atoms with Gasteiger partial charge in [-0.1, -0.05) is 13.3 Å². The minimum Gasteiger partial charge on any atom is -0.386 e. The highest BCUT2D eigenvalue weighted by Crippen LogP contribution is 2.35. The number of hydrogen-bond donors (Lipinski definition) is 1. The third-order valence-corrected chi connectivity index (χ3v) is 3.18. The highest BCUT2D eigenvalue weighted by atomic mass is 16.6. The molecule has 1 fully saturated rings. The Morgan fingerprint density at radius 1 is 1.56 bits per heavy atom. The van der Waals surface area contributed by atoms with Gasteiger partial charge >= 0.3 is 5.69 Å². The Labute approximate surface area is 105 Å². The van der Waals surface area contributed by atoms with Crippen LogP contribution in [0, 0.1) is 17.0 Å². The summed E-state index contributed by atoms with van der Waals surface area (Å²) < 4.78 is 0. The average molecular weight is 251 g/mol. The maximum atomic E-state index is 10.9. The molecule has 0 spiro atoms. The van der Waals surface area contributed by atoms with Crippen LogP contribution >= 0.6 is 0 Å². The van der Waals surface area contributed by atoms with Crippen molar-refractivity contribution in [1.82, 2.24) is 4.98 Å². The third-order valence-electron chi connectivity index (χ3n) is 3.18. The Morgan fingerprint density at radius 2 is 2.22 bits per heavy atom. The smallest absolute Gasteiger partial charge is 0.311 e. The number of β-amino-alcohol motifs (C(OH)–C–C–N with tert-alkyl or cyclic N) is 1. The number of hydrogen-bond acceptors (Lipinski definition) is 5. The second-order valence-corrected chi connectivity index (χ2v) is 4.88. The Bertz CT molecular complexity index is 470. The number of nitro groups is 1. The summed E-state index contributed by atoms with van der Waals surface area (Å²) in [6.45, 7) is 4.63. The van der Waals surface area contributed by atoms with Gasteiger partial charge in [-0.25, -0.2) is 4.98 Å². The molecular weight excluding hydrogens is 234 g/mol. The van der Waals surface area contributed by atoms with Gasteiger partial charge in [-0.2, -0.15) is 0 Å². The summed E-state index contributed by atoms with van der Waals surface area (Å²) in [7, 11) is 0. The predicted octanol–water partition coefficient (Wildman–Crippen LogP) is 1.65. The van der Waals surface area contributed by atoms with Crippen LogP contribution in [-0.4, -0.2) is 33.7 Å². The summed E-state index contributed by atoms with van der Waals surface area (Å²) in [5.74, 6) is 0.362. The number of aryl methyl sites for hydroxylation is 1. The maximum Gasteiger partial charge on any atom is 0.311 e. The van der Waals surface area contributed by atoms with Crippen molar-refractivity contribution in [3.05, 3.63) is 27.9 Å². The number of anilines is 1. The Morgan fingerprint density at radius 3 is 2.78 bits per heavy atom. The van der Waals surface area contributed by atoms with E-state index in [-0.39, 0.29) is 5.69 Å². The lowest BCUT2D eigenvalue weighted by Crippen LogP contribution is -2.62. The van der Waals surface area contributed by atoms with Crippen molar-refractivity contribution in [2.24, 2.45) is 0 Å². The fourth-order valence-corrected chi connectivity index (χ4v) is 2.35. The summed E-state index contributed by atoms with van der Waals surface area (Å²) >= 11 is 0.